The molecule has 0 heterocycles. The maximum atomic E-state index is 5.59. The standard InChI is InChI=1S/C28H62N8/c1-4-35(5-2)22-9-19-33-27-13-14-28(27)34-20-10-23-36(6-3)24-21-30-16-8-18-32-26-12-11-25(26)31-17-7-15-29/h25-28,30-34H,4-24,29H2,1-3H3. The van der Waals surface area contributed by atoms with Crippen molar-refractivity contribution in [3.05, 3.63) is 0 Å². The Balaban J connectivity index is 1.39. The lowest BCUT2D eigenvalue weighted by Gasteiger charge is -2.38. The first-order valence-corrected chi connectivity index (χ1v) is 15.5. The van der Waals surface area contributed by atoms with Crippen LogP contribution in [0.25, 0.3) is 0 Å². The third-order valence-electron chi connectivity index (χ3n) is 8.33. The van der Waals surface area contributed by atoms with Crippen LogP contribution in [-0.2, 0) is 0 Å². The number of rotatable bonds is 25. The maximum Gasteiger partial charge on any atom is 0.0221 e. The molecule has 0 aliphatic heterocycles. The highest BCUT2D eigenvalue weighted by atomic mass is 15.1. The molecule has 0 radical (unpaired) electrons. The molecule has 0 aromatic rings. The highest BCUT2D eigenvalue weighted by Gasteiger charge is 2.30. The van der Waals surface area contributed by atoms with E-state index in [-0.39, 0.29) is 0 Å². The summed E-state index contributed by atoms with van der Waals surface area (Å²) in [7, 11) is 0. The molecule has 7 N–H and O–H groups in total. The normalized spacial score (nSPS) is 23.8. The first kappa shape index (κ1) is 31.9. The Hall–Kier alpha value is -0.320. The number of nitrogens with two attached hydrogens (primary N) is 1. The van der Waals surface area contributed by atoms with Crippen LogP contribution in [-0.4, -0.2) is 119 Å². The summed E-state index contributed by atoms with van der Waals surface area (Å²) in [4.78, 5) is 5.10. The van der Waals surface area contributed by atoms with E-state index < -0.39 is 0 Å². The molecule has 2 rings (SSSR count). The molecule has 0 spiro atoms. The van der Waals surface area contributed by atoms with Gasteiger partial charge in [0, 0.05) is 37.3 Å². The zero-order valence-corrected chi connectivity index (χ0v) is 24.1. The summed E-state index contributed by atoms with van der Waals surface area (Å²) in [5.74, 6) is 0. The minimum atomic E-state index is 0.658. The van der Waals surface area contributed by atoms with Crippen molar-refractivity contribution in [1.82, 2.24) is 36.4 Å². The van der Waals surface area contributed by atoms with Gasteiger partial charge in [-0.25, -0.2) is 0 Å². The van der Waals surface area contributed by atoms with Gasteiger partial charge in [-0.05, 0) is 123 Å². The SMILES string of the molecule is CCN(CC)CCCNC1CCC1NCCCN(CC)CCNCCCNC1CCC1NCCCN. The lowest BCUT2D eigenvalue weighted by molar-refractivity contribution is 0.224. The van der Waals surface area contributed by atoms with Crippen molar-refractivity contribution in [2.24, 2.45) is 5.73 Å². The summed E-state index contributed by atoms with van der Waals surface area (Å²) in [6, 6.07) is 2.69. The number of nitrogens with one attached hydrogen (secondary N) is 5. The van der Waals surface area contributed by atoms with Gasteiger partial charge in [-0.2, -0.15) is 0 Å². The lowest BCUT2D eigenvalue weighted by atomic mass is 9.86. The van der Waals surface area contributed by atoms with E-state index in [1.807, 2.05) is 0 Å². The third kappa shape index (κ3) is 13.0. The van der Waals surface area contributed by atoms with Gasteiger partial charge in [0.25, 0.3) is 0 Å². The summed E-state index contributed by atoms with van der Waals surface area (Å²) in [6.07, 6.45) is 10.1. The third-order valence-corrected chi connectivity index (χ3v) is 8.33. The van der Waals surface area contributed by atoms with E-state index in [4.69, 9.17) is 5.73 Å². The van der Waals surface area contributed by atoms with E-state index in [9.17, 15) is 0 Å². The number of hydrogen-bond donors (Lipinski definition) is 6. The van der Waals surface area contributed by atoms with Crippen LogP contribution in [0.2, 0.25) is 0 Å². The van der Waals surface area contributed by atoms with Crippen molar-refractivity contribution in [3.8, 4) is 0 Å². The first-order chi connectivity index (χ1) is 17.7. The van der Waals surface area contributed by atoms with Crippen LogP contribution in [0.15, 0.2) is 0 Å². The van der Waals surface area contributed by atoms with E-state index >= 15 is 0 Å². The molecule has 2 saturated carbocycles. The van der Waals surface area contributed by atoms with Crippen LogP contribution in [0.4, 0.5) is 0 Å². The van der Waals surface area contributed by atoms with Crippen molar-refractivity contribution in [1.29, 1.82) is 0 Å². The van der Waals surface area contributed by atoms with E-state index in [2.05, 4.69) is 57.2 Å². The topological polar surface area (TPSA) is 92.6 Å². The highest BCUT2D eigenvalue weighted by Crippen LogP contribution is 2.20. The molecule has 8 heteroatoms. The van der Waals surface area contributed by atoms with Crippen molar-refractivity contribution in [3.63, 3.8) is 0 Å². The van der Waals surface area contributed by atoms with Crippen LogP contribution in [0.5, 0.6) is 0 Å². The molecule has 214 valence electrons. The van der Waals surface area contributed by atoms with Gasteiger partial charge in [0.1, 0.15) is 0 Å². The van der Waals surface area contributed by atoms with Crippen LogP contribution >= 0.6 is 0 Å². The average molecular weight is 511 g/mol. The molecule has 4 unspecified atom stereocenters. The second kappa shape index (κ2) is 20.6. The Morgan fingerprint density at radius 1 is 0.528 bits per heavy atom. The van der Waals surface area contributed by atoms with Gasteiger partial charge in [-0.1, -0.05) is 20.8 Å². The summed E-state index contributed by atoms with van der Waals surface area (Å²) >= 11 is 0. The van der Waals surface area contributed by atoms with Crippen molar-refractivity contribution >= 4 is 0 Å². The molecular weight excluding hydrogens is 448 g/mol. The second-order valence-electron chi connectivity index (χ2n) is 10.8. The summed E-state index contributed by atoms with van der Waals surface area (Å²) in [6.45, 7) is 21.3. The average Bonchev–Trinajstić information content (AvgIpc) is 2.87. The fourth-order valence-corrected chi connectivity index (χ4v) is 5.38. The highest BCUT2D eigenvalue weighted by molar-refractivity contribution is 4.93. The van der Waals surface area contributed by atoms with Crippen LogP contribution in [0.3, 0.4) is 0 Å². The number of likely N-dealkylation sites (N-methyl/N-ethyl adjacent to an activating group) is 1. The fraction of sp³-hybridized carbons (Fsp3) is 1.00. The summed E-state index contributed by atoms with van der Waals surface area (Å²) in [5, 5.41) is 18.6. The smallest absolute Gasteiger partial charge is 0.0221 e. The minimum absolute atomic E-state index is 0.658. The van der Waals surface area contributed by atoms with Gasteiger partial charge < -0.3 is 42.1 Å². The predicted molar refractivity (Wildman–Crippen MR) is 156 cm³/mol. The van der Waals surface area contributed by atoms with Gasteiger partial charge in [0.05, 0.1) is 0 Å². The molecular formula is C28H62N8. The molecule has 0 bridgehead atoms. The summed E-state index contributed by atoms with van der Waals surface area (Å²) in [5.41, 5.74) is 5.59. The van der Waals surface area contributed by atoms with Crippen LogP contribution < -0.4 is 32.3 Å². The Morgan fingerprint density at radius 3 is 1.42 bits per heavy atom. The number of nitrogens with zero attached hydrogens (tertiary/aromatic N) is 2. The minimum Gasteiger partial charge on any atom is -0.330 e. The molecule has 2 aliphatic rings. The Labute approximate surface area is 223 Å². The molecule has 2 aliphatic carbocycles. The van der Waals surface area contributed by atoms with Gasteiger partial charge >= 0.3 is 0 Å². The molecule has 0 saturated heterocycles. The van der Waals surface area contributed by atoms with Crippen molar-refractivity contribution in [2.75, 3.05) is 85.1 Å². The van der Waals surface area contributed by atoms with E-state index in [1.165, 1.54) is 71.1 Å². The van der Waals surface area contributed by atoms with E-state index in [1.54, 1.807) is 0 Å². The van der Waals surface area contributed by atoms with Crippen LogP contribution in [0, 0.1) is 0 Å². The van der Waals surface area contributed by atoms with E-state index in [0.29, 0.717) is 24.2 Å². The quantitative estimate of drug-likeness (QED) is 0.102. The Kier molecular flexibility index (Phi) is 18.3. The predicted octanol–water partition coefficient (Wildman–Crippen LogP) is 1.18. The van der Waals surface area contributed by atoms with Crippen LogP contribution in [0.1, 0.15) is 72.1 Å². The van der Waals surface area contributed by atoms with Gasteiger partial charge in [0.15, 0.2) is 0 Å². The van der Waals surface area contributed by atoms with Crippen molar-refractivity contribution < 1.29 is 0 Å². The van der Waals surface area contributed by atoms with Crippen molar-refractivity contribution in [2.45, 2.75) is 96.3 Å². The molecule has 0 aromatic heterocycles. The first-order valence-electron chi connectivity index (χ1n) is 15.5. The Morgan fingerprint density at radius 2 is 0.972 bits per heavy atom. The van der Waals surface area contributed by atoms with Gasteiger partial charge in [0.2, 0.25) is 0 Å². The van der Waals surface area contributed by atoms with Gasteiger partial charge in [-0.3, -0.25) is 0 Å². The molecule has 0 aromatic carbocycles. The fourth-order valence-electron chi connectivity index (χ4n) is 5.38. The largest absolute Gasteiger partial charge is 0.330 e. The second-order valence-corrected chi connectivity index (χ2v) is 10.8. The van der Waals surface area contributed by atoms with Gasteiger partial charge in [-0.15, -0.1) is 0 Å². The molecule has 36 heavy (non-hydrogen) atoms. The molecule has 4 atom stereocenters. The number of hydrogen-bond acceptors (Lipinski definition) is 8. The molecule has 2 fully saturated rings. The lowest BCUT2D eigenvalue weighted by Crippen LogP contribution is -2.56. The summed E-state index contributed by atoms with van der Waals surface area (Å²) < 4.78 is 0. The maximum absolute atomic E-state index is 5.59. The van der Waals surface area contributed by atoms with E-state index in [0.717, 1.165) is 65.3 Å². The zero-order valence-electron chi connectivity index (χ0n) is 24.1. The molecule has 8 nitrogen and oxygen atoms in total. The Bertz CT molecular complexity index is 504. The zero-order chi connectivity index (χ0) is 25.8. The monoisotopic (exact) mass is 511 g/mol. The molecule has 0 amide bonds.